The van der Waals surface area contributed by atoms with Gasteiger partial charge in [-0.05, 0) is 26.0 Å². The summed E-state index contributed by atoms with van der Waals surface area (Å²) in [5.74, 6) is 0. The Labute approximate surface area is 90.7 Å². The summed E-state index contributed by atoms with van der Waals surface area (Å²) in [4.78, 5) is 2.02. The third kappa shape index (κ3) is 2.20. The van der Waals surface area contributed by atoms with Gasteiger partial charge in [-0.15, -0.1) is 0 Å². The van der Waals surface area contributed by atoms with Crippen molar-refractivity contribution in [2.45, 2.75) is 19.4 Å². The molecule has 0 aliphatic rings. The van der Waals surface area contributed by atoms with Crippen molar-refractivity contribution in [2.75, 3.05) is 19.0 Å². The quantitative estimate of drug-likeness (QED) is 0.817. The van der Waals surface area contributed by atoms with Crippen LogP contribution in [0, 0.1) is 0 Å². The topological polar surface area (TPSA) is 29.3 Å². The van der Waals surface area contributed by atoms with Gasteiger partial charge < -0.3 is 10.6 Å². The van der Waals surface area contributed by atoms with Crippen LogP contribution in [-0.4, -0.2) is 14.1 Å². The third-order valence-corrected chi connectivity index (χ3v) is 2.43. The largest absolute Gasteiger partial charge is 0.377 e. The summed E-state index contributed by atoms with van der Waals surface area (Å²) in [6, 6.07) is 5.83. The molecule has 0 heterocycles. The maximum absolute atomic E-state index is 6.15. The number of anilines is 1. The number of nitrogens with two attached hydrogens (primary N) is 1. The van der Waals surface area contributed by atoms with Crippen molar-refractivity contribution in [3.05, 3.63) is 28.8 Å². The molecular formula is C11H17ClN2. The predicted octanol–water partition coefficient (Wildman–Crippen LogP) is 2.60. The minimum Gasteiger partial charge on any atom is -0.377 e. The molecule has 0 unspecified atom stereocenters. The molecule has 1 aromatic rings. The van der Waals surface area contributed by atoms with E-state index >= 15 is 0 Å². The second kappa shape index (κ2) is 3.79. The zero-order valence-electron chi connectivity index (χ0n) is 9.13. The molecular weight excluding hydrogens is 196 g/mol. The van der Waals surface area contributed by atoms with Crippen molar-refractivity contribution >= 4 is 17.3 Å². The maximum Gasteiger partial charge on any atom is 0.0477 e. The third-order valence-electron chi connectivity index (χ3n) is 2.12. The Bertz CT molecular complexity index is 327. The van der Waals surface area contributed by atoms with Gasteiger partial charge in [0.15, 0.2) is 0 Å². The van der Waals surface area contributed by atoms with Crippen LogP contribution >= 0.6 is 11.6 Å². The first kappa shape index (κ1) is 11.3. The summed E-state index contributed by atoms with van der Waals surface area (Å²) in [6.45, 7) is 3.92. The highest BCUT2D eigenvalue weighted by Gasteiger charge is 2.22. The van der Waals surface area contributed by atoms with Gasteiger partial charge in [0.1, 0.15) is 0 Å². The Morgan fingerprint density at radius 2 is 1.86 bits per heavy atom. The normalized spacial score (nSPS) is 11.6. The molecule has 0 amide bonds. The first-order valence-corrected chi connectivity index (χ1v) is 4.97. The molecule has 78 valence electrons. The van der Waals surface area contributed by atoms with Crippen LogP contribution in [0.15, 0.2) is 18.2 Å². The maximum atomic E-state index is 6.15. The van der Waals surface area contributed by atoms with E-state index < -0.39 is 5.54 Å². The van der Waals surface area contributed by atoms with E-state index in [9.17, 15) is 0 Å². The van der Waals surface area contributed by atoms with Crippen LogP contribution in [0.25, 0.3) is 0 Å². The molecule has 2 nitrogen and oxygen atoms in total. The van der Waals surface area contributed by atoms with Crippen LogP contribution in [0.3, 0.4) is 0 Å². The van der Waals surface area contributed by atoms with E-state index in [1.54, 1.807) is 0 Å². The number of hydrogen-bond acceptors (Lipinski definition) is 2. The molecule has 1 rings (SSSR count). The summed E-state index contributed by atoms with van der Waals surface area (Å²) in [7, 11) is 3.97. The summed E-state index contributed by atoms with van der Waals surface area (Å²) in [5.41, 5.74) is 7.73. The van der Waals surface area contributed by atoms with Gasteiger partial charge in [0.05, 0.1) is 0 Å². The molecule has 1 aromatic carbocycles. The van der Waals surface area contributed by atoms with E-state index in [4.69, 9.17) is 17.3 Å². The van der Waals surface area contributed by atoms with Gasteiger partial charge in [-0.1, -0.05) is 17.7 Å². The van der Waals surface area contributed by atoms with Gasteiger partial charge in [0.2, 0.25) is 0 Å². The molecule has 0 aliphatic carbocycles. The Morgan fingerprint density at radius 1 is 1.29 bits per heavy atom. The molecule has 0 aromatic heterocycles. The number of nitrogens with zero attached hydrogens (tertiary/aromatic N) is 1. The minimum atomic E-state index is -0.419. The lowest BCUT2D eigenvalue weighted by Crippen LogP contribution is -2.31. The van der Waals surface area contributed by atoms with E-state index in [1.807, 2.05) is 51.0 Å². The van der Waals surface area contributed by atoms with E-state index in [2.05, 4.69) is 0 Å². The second-order valence-electron chi connectivity index (χ2n) is 4.25. The van der Waals surface area contributed by atoms with Gasteiger partial charge >= 0.3 is 0 Å². The lowest BCUT2D eigenvalue weighted by atomic mass is 9.93. The molecule has 0 saturated heterocycles. The summed E-state index contributed by atoms with van der Waals surface area (Å²) in [5, 5.41) is 0.726. The van der Waals surface area contributed by atoms with Crippen LogP contribution in [0.1, 0.15) is 19.4 Å². The van der Waals surface area contributed by atoms with Crippen LogP contribution in [0.4, 0.5) is 5.69 Å². The van der Waals surface area contributed by atoms with Gasteiger partial charge in [-0.3, -0.25) is 0 Å². The average molecular weight is 213 g/mol. The average Bonchev–Trinajstić information content (AvgIpc) is 2.01. The van der Waals surface area contributed by atoms with E-state index in [-0.39, 0.29) is 0 Å². The zero-order chi connectivity index (χ0) is 10.9. The van der Waals surface area contributed by atoms with E-state index in [0.29, 0.717) is 0 Å². The molecule has 0 bridgehead atoms. The molecule has 3 heteroatoms. The highest BCUT2D eigenvalue weighted by atomic mass is 35.5. The Kier molecular flexibility index (Phi) is 3.07. The fraction of sp³-hybridized carbons (Fsp3) is 0.455. The number of rotatable bonds is 2. The predicted molar refractivity (Wildman–Crippen MR) is 63.0 cm³/mol. The minimum absolute atomic E-state index is 0.419. The summed E-state index contributed by atoms with van der Waals surface area (Å²) >= 11 is 6.15. The van der Waals surface area contributed by atoms with E-state index in [1.165, 1.54) is 0 Å². The van der Waals surface area contributed by atoms with Crippen LogP contribution in [-0.2, 0) is 5.54 Å². The second-order valence-corrected chi connectivity index (χ2v) is 4.66. The smallest absolute Gasteiger partial charge is 0.0477 e. The van der Waals surface area contributed by atoms with Crippen LogP contribution in [0.5, 0.6) is 0 Å². The molecule has 0 aliphatic heterocycles. The van der Waals surface area contributed by atoms with E-state index in [0.717, 1.165) is 16.3 Å². The molecule has 0 radical (unpaired) electrons. The summed E-state index contributed by atoms with van der Waals surface area (Å²) < 4.78 is 0. The van der Waals surface area contributed by atoms with Crippen molar-refractivity contribution in [3.8, 4) is 0 Å². The SMILES string of the molecule is CN(C)c1cccc(Cl)c1C(C)(C)N. The molecule has 14 heavy (non-hydrogen) atoms. The number of hydrogen-bond donors (Lipinski definition) is 1. The van der Waals surface area contributed by atoms with Crippen molar-refractivity contribution in [1.82, 2.24) is 0 Å². The van der Waals surface area contributed by atoms with Crippen LogP contribution in [0.2, 0.25) is 5.02 Å². The van der Waals surface area contributed by atoms with Crippen molar-refractivity contribution < 1.29 is 0 Å². The lowest BCUT2D eigenvalue weighted by Gasteiger charge is -2.27. The number of halogens is 1. The molecule has 0 spiro atoms. The highest BCUT2D eigenvalue weighted by Crippen LogP contribution is 2.33. The monoisotopic (exact) mass is 212 g/mol. The van der Waals surface area contributed by atoms with Crippen molar-refractivity contribution in [1.29, 1.82) is 0 Å². The van der Waals surface area contributed by atoms with Crippen molar-refractivity contribution in [2.24, 2.45) is 5.73 Å². The first-order valence-electron chi connectivity index (χ1n) is 4.59. The number of benzene rings is 1. The molecule has 0 fully saturated rings. The van der Waals surface area contributed by atoms with Crippen LogP contribution < -0.4 is 10.6 Å². The van der Waals surface area contributed by atoms with Gasteiger partial charge in [-0.25, -0.2) is 0 Å². The van der Waals surface area contributed by atoms with Crippen molar-refractivity contribution in [3.63, 3.8) is 0 Å². The van der Waals surface area contributed by atoms with Gasteiger partial charge in [0.25, 0.3) is 0 Å². The molecule has 0 atom stereocenters. The Hall–Kier alpha value is -0.730. The zero-order valence-corrected chi connectivity index (χ0v) is 9.89. The summed E-state index contributed by atoms with van der Waals surface area (Å²) in [6.07, 6.45) is 0. The fourth-order valence-corrected chi connectivity index (χ4v) is 1.94. The van der Waals surface area contributed by atoms with Gasteiger partial charge in [0, 0.05) is 35.9 Å². The molecule has 0 saturated carbocycles. The Balaban J connectivity index is 3.38. The van der Waals surface area contributed by atoms with Gasteiger partial charge in [-0.2, -0.15) is 0 Å². The highest BCUT2D eigenvalue weighted by molar-refractivity contribution is 6.31. The Morgan fingerprint density at radius 3 is 2.21 bits per heavy atom. The molecule has 2 N–H and O–H groups in total. The standard InChI is InChI=1S/C11H17ClN2/c1-11(2,13)10-8(12)6-5-7-9(10)14(3)4/h5-7H,13H2,1-4H3. The lowest BCUT2D eigenvalue weighted by molar-refractivity contribution is 0.554. The fourth-order valence-electron chi connectivity index (χ4n) is 1.52. The first-order chi connectivity index (χ1) is 6.34.